The Labute approximate surface area is 83.5 Å². The molecule has 2 rings (SSSR count). The zero-order chi connectivity index (χ0) is 10.0. The highest BCUT2D eigenvalue weighted by atomic mass is 32.2. The fraction of sp³-hybridized carbons (Fsp3) is 0.625. The summed E-state index contributed by atoms with van der Waals surface area (Å²) in [6.07, 6.45) is 7.28. The molecular formula is C8H13N3O2S. The van der Waals surface area contributed by atoms with Crippen LogP contribution >= 0.6 is 0 Å². The molecule has 1 aliphatic rings. The van der Waals surface area contributed by atoms with Gasteiger partial charge >= 0.3 is 10.2 Å². The fourth-order valence-corrected chi connectivity index (χ4v) is 2.98. The van der Waals surface area contributed by atoms with Crippen molar-refractivity contribution in [3.05, 3.63) is 18.7 Å². The number of imidazole rings is 1. The van der Waals surface area contributed by atoms with Gasteiger partial charge in [0.05, 0.1) is 0 Å². The summed E-state index contributed by atoms with van der Waals surface area (Å²) in [4.78, 5) is 3.74. The quantitative estimate of drug-likeness (QED) is 0.720. The van der Waals surface area contributed by atoms with Crippen molar-refractivity contribution in [2.75, 3.05) is 13.1 Å². The first-order valence-corrected chi connectivity index (χ1v) is 6.09. The van der Waals surface area contributed by atoms with Crippen LogP contribution in [-0.2, 0) is 10.2 Å². The first kappa shape index (κ1) is 9.67. The number of nitrogens with zero attached hydrogens (tertiary/aromatic N) is 3. The monoisotopic (exact) mass is 215 g/mol. The third-order valence-corrected chi connectivity index (χ3v) is 4.15. The van der Waals surface area contributed by atoms with Gasteiger partial charge in [-0.1, -0.05) is 6.42 Å². The second-order valence-corrected chi connectivity index (χ2v) is 5.19. The average molecular weight is 215 g/mol. The summed E-state index contributed by atoms with van der Waals surface area (Å²) in [5.74, 6) is 0. The molecule has 0 aromatic carbocycles. The summed E-state index contributed by atoms with van der Waals surface area (Å²) in [6, 6.07) is 0. The zero-order valence-electron chi connectivity index (χ0n) is 7.83. The normalized spacial score (nSPS) is 19.7. The molecule has 0 amide bonds. The van der Waals surface area contributed by atoms with E-state index >= 15 is 0 Å². The van der Waals surface area contributed by atoms with E-state index in [2.05, 4.69) is 4.98 Å². The van der Waals surface area contributed by atoms with Crippen LogP contribution in [0.3, 0.4) is 0 Å². The Morgan fingerprint density at radius 1 is 1.14 bits per heavy atom. The Hall–Kier alpha value is -0.880. The molecule has 0 N–H and O–H groups in total. The van der Waals surface area contributed by atoms with Gasteiger partial charge in [-0.15, -0.1) is 0 Å². The van der Waals surface area contributed by atoms with Crippen molar-refractivity contribution in [3.8, 4) is 0 Å². The van der Waals surface area contributed by atoms with E-state index in [0.29, 0.717) is 13.1 Å². The standard InChI is InChI=1S/C8H13N3O2S/c12-14(13,11-7-4-9-8-11)10-5-2-1-3-6-10/h4,7-8H,1-3,5-6H2. The van der Waals surface area contributed by atoms with Crippen molar-refractivity contribution in [1.82, 2.24) is 13.3 Å². The van der Waals surface area contributed by atoms with E-state index < -0.39 is 10.2 Å². The first-order valence-electron chi connectivity index (χ1n) is 4.70. The maximum Gasteiger partial charge on any atom is 0.308 e. The van der Waals surface area contributed by atoms with Gasteiger partial charge in [0.1, 0.15) is 6.33 Å². The van der Waals surface area contributed by atoms with Crippen LogP contribution in [0.25, 0.3) is 0 Å². The lowest BCUT2D eigenvalue weighted by molar-refractivity contribution is 0.343. The maximum atomic E-state index is 11.9. The van der Waals surface area contributed by atoms with Crippen molar-refractivity contribution in [2.45, 2.75) is 19.3 Å². The Balaban J connectivity index is 2.23. The van der Waals surface area contributed by atoms with Gasteiger partial charge in [-0.25, -0.2) is 8.96 Å². The summed E-state index contributed by atoms with van der Waals surface area (Å²) in [5, 5.41) is 0. The Bertz CT molecular complexity index is 379. The number of aromatic nitrogens is 2. The summed E-state index contributed by atoms with van der Waals surface area (Å²) in [5.41, 5.74) is 0. The van der Waals surface area contributed by atoms with Crippen LogP contribution in [0.5, 0.6) is 0 Å². The van der Waals surface area contributed by atoms with Crippen LogP contribution in [0.2, 0.25) is 0 Å². The minimum absolute atomic E-state index is 0.626. The topological polar surface area (TPSA) is 55.2 Å². The predicted octanol–water partition coefficient (Wildman–Crippen LogP) is 0.462. The van der Waals surface area contributed by atoms with E-state index in [1.54, 1.807) is 0 Å². The summed E-state index contributed by atoms with van der Waals surface area (Å²) in [7, 11) is -3.33. The smallest absolute Gasteiger partial charge is 0.244 e. The zero-order valence-corrected chi connectivity index (χ0v) is 8.65. The molecule has 0 aliphatic carbocycles. The van der Waals surface area contributed by atoms with Crippen molar-refractivity contribution < 1.29 is 8.42 Å². The molecular weight excluding hydrogens is 202 g/mol. The van der Waals surface area contributed by atoms with E-state index in [-0.39, 0.29) is 0 Å². The lowest BCUT2D eigenvalue weighted by atomic mass is 10.2. The van der Waals surface area contributed by atoms with Crippen LogP contribution in [-0.4, -0.2) is 34.8 Å². The van der Waals surface area contributed by atoms with Crippen LogP contribution in [0.4, 0.5) is 0 Å². The molecule has 0 radical (unpaired) electrons. The van der Waals surface area contributed by atoms with Gasteiger partial charge < -0.3 is 0 Å². The molecule has 6 heteroatoms. The summed E-state index contributed by atoms with van der Waals surface area (Å²) >= 11 is 0. The van der Waals surface area contributed by atoms with Gasteiger partial charge in [0.25, 0.3) is 0 Å². The molecule has 14 heavy (non-hydrogen) atoms. The van der Waals surface area contributed by atoms with Gasteiger partial charge in [0.15, 0.2) is 0 Å². The van der Waals surface area contributed by atoms with Crippen molar-refractivity contribution in [3.63, 3.8) is 0 Å². The Kier molecular flexibility index (Phi) is 2.56. The highest BCUT2D eigenvalue weighted by Crippen LogP contribution is 2.14. The van der Waals surface area contributed by atoms with E-state index in [1.807, 2.05) is 0 Å². The van der Waals surface area contributed by atoms with Gasteiger partial charge in [0.2, 0.25) is 0 Å². The fourth-order valence-electron chi connectivity index (χ4n) is 1.61. The van der Waals surface area contributed by atoms with Crippen LogP contribution in [0.1, 0.15) is 19.3 Å². The molecule has 1 fully saturated rings. The van der Waals surface area contributed by atoms with Crippen molar-refractivity contribution >= 4 is 10.2 Å². The Morgan fingerprint density at radius 3 is 2.43 bits per heavy atom. The second-order valence-electron chi connectivity index (χ2n) is 3.36. The Morgan fingerprint density at radius 2 is 1.86 bits per heavy atom. The van der Waals surface area contributed by atoms with Gasteiger partial charge in [-0.3, -0.25) is 0 Å². The van der Waals surface area contributed by atoms with E-state index in [0.717, 1.165) is 19.3 Å². The van der Waals surface area contributed by atoms with Gasteiger partial charge in [0, 0.05) is 25.5 Å². The van der Waals surface area contributed by atoms with Crippen molar-refractivity contribution in [2.24, 2.45) is 0 Å². The third-order valence-electron chi connectivity index (χ3n) is 2.39. The highest BCUT2D eigenvalue weighted by molar-refractivity contribution is 7.87. The molecule has 0 saturated carbocycles. The molecule has 0 bridgehead atoms. The van der Waals surface area contributed by atoms with Crippen LogP contribution in [0.15, 0.2) is 18.7 Å². The molecule has 1 saturated heterocycles. The number of rotatable bonds is 2. The van der Waals surface area contributed by atoms with Crippen LogP contribution in [0, 0.1) is 0 Å². The van der Waals surface area contributed by atoms with Crippen molar-refractivity contribution in [1.29, 1.82) is 0 Å². The summed E-state index contributed by atoms with van der Waals surface area (Å²) in [6.45, 7) is 1.25. The lowest BCUT2D eigenvalue weighted by Gasteiger charge is -2.25. The van der Waals surface area contributed by atoms with Gasteiger partial charge in [-0.2, -0.15) is 12.7 Å². The lowest BCUT2D eigenvalue weighted by Crippen LogP contribution is -2.38. The average Bonchev–Trinajstić information content (AvgIpc) is 2.72. The number of hydrogen-bond acceptors (Lipinski definition) is 3. The molecule has 1 aromatic heterocycles. The molecule has 0 unspecified atom stereocenters. The molecule has 78 valence electrons. The minimum atomic E-state index is -3.33. The second kappa shape index (κ2) is 3.70. The van der Waals surface area contributed by atoms with E-state index in [1.165, 1.54) is 27.0 Å². The highest BCUT2D eigenvalue weighted by Gasteiger charge is 2.24. The SMILES string of the molecule is O=S(=O)(N1CCCCC1)n1ccnc1. The molecule has 0 spiro atoms. The molecule has 5 nitrogen and oxygen atoms in total. The maximum absolute atomic E-state index is 11.9. The summed E-state index contributed by atoms with van der Waals surface area (Å²) < 4.78 is 26.5. The number of hydrogen-bond donors (Lipinski definition) is 0. The largest absolute Gasteiger partial charge is 0.308 e. The molecule has 0 atom stereocenters. The first-order chi connectivity index (χ1) is 6.71. The number of piperidine rings is 1. The third kappa shape index (κ3) is 1.67. The molecule has 1 aromatic rings. The minimum Gasteiger partial charge on any atom is -0.244 e. The van der Waals surface area contributed by atoms with Crippen LogP contribution < -0.4 is 0 Å². The van der Waals surface area contributed by atoms with Gasteiger partial charge in [-0.05, 0) is 12.8 Å². The van der Waals surface area contributed by atoms with E-state index in [9.17, 15) is 8.42 Å². The molecule has 2 heterocycles. The molecule has 1 aliphatic heterocycles. The predicted molar refractivity (Wildman–Crippen MR) is 52.0 cm³/mol. The van der Waals surface area contributed by atoms with E-state index in [4.69, 9.17) is 0 Å².